The molecular formula is C22H21N3O4S. The van der Waals surface area contributed by atoms with Gasteiger partial charge in [0.15, 0.2) is 5.11 Å². The minimum Gasteiger partial charge on any atom is -0.478 e. The number of nitrogens with zero attached hydrogens (tertiary/aromatic N) is 2. The number of carbonyl (C=O) groups is 1. The van der Waals surface area contributed by atoms with Gasteiger partial charge in [-0.15, -0.1) is 0 Å². The minimum atomic E-state index is -0.968. The fourth-order valence-corrected chi connectivity index (χ4v) is 3.97. The number of aromatic nitrogens is 1. The number of aliphatic hydroxyl groups excluding tert-OH is 1. The van der Waals surface area contributed by atoms with Crippen molar-refractivity contribution in [2.24, 2.45) is 0 Å². The van der Waals surface area contributed by atoms with Gasteiger partial charge >= 0.3 is 5.97 Å². The second kappa shape index (κ2) is 8.64. The van der Waals surface area contributed by atoms with E-state index in [4.69, 9.17) is 21.7 Å². The molecule has 3 heterocycles. The lowest BCUT2D eigenvalue weighted by molar-refractivity contribution is 0.0697. The Balaban J connectivity index is 1.67. The highest BCUT2D eigenvalue weighted by atomic mass is 32.1. The van der Waals surface area contributed by atoms with E-state index in [2.05, 4.69) is 10.3 Å². The number of hydrogen-bond acceptors (Lipinski definition) is 5. The van der Waals surface area contributed by atoms with E-state index in [9.17, 15) is 9.90 Å². The Morgan fingerprint density at radius 2 is 1.97 bits per heavy atom. The molecule has 7 nitrogen and oxygen atoms in total. The Morgan fingerprint density at radius 3 is 2.63 bits per heavy atom. The van der Waals surface area contributed by atoms with Crippen molar-refractivity contribution in [1.29, 1.82) is 0 Å². The van der Waals surface area contributed by atoms with E-state index in [1.807, 2.05) is 35.2 Å². The van der Waals surface area contributed by atoms with Gasteiger partial charge in [-0.25, -0.2) is 4.79 Å². The summed E-state index contributed by atoms with van der Waals surface area (Å²) >= 11 is 5.56. The molecule has 4 rings (SSSR count). The highest BCUT2D eigenvalue weighted by Crippen LogP contribution is 2.40. The molecule has 0 spiro atoms. The molecule has 2 atom stereocenters. The molecule has 1 aromatic carbocycles. The number of hydrogen-bond donors (Lipinski definition) is 3. The first kappa shape index (κ1) is 20.1. The number of carboxylic acid groups (broad SMARTS) is 1. The van der Waals surface area contributed by atoms with Gasteiger partial charge in [0.25, 0.3) is 0 Å². The van der Waals surface area contributed by atoms with Gasteiger partial charge in [0, 0.05) is 24.9 Å². The zero-order chi connectivity index (χ0) is 21.1. The number of benzene rings is 1. The van der Waals surface area contributed by atoms with Crippen LogP contribution in [0, 0.1) is 0 Å². The molecule has 3 N–H and O–H groups in total. The molecule has 0 saturated carbocycles. The molecule has 0 radical (unpaired) electrons. The zero-order valence-corrected chi connectivity index (χ0v) is 16.9. The summed E-state index contributed by atoms with van der Waals surface area (Å²) in [6, 6.07) is 15.7. The highest BCUT2D eigenvalue weighted by Gasteiger charge is 2.41. The van der Waals surface area contributed by atoms with Crippen LogP contribution in [-0.4, -0.2) is 44.3 Å². The topological polar surface area (TPSA) is 98.8 Å². The van der Waals surface area contributed by atoms with Crippen LogP contribution in [0.4, 0.5) is 0 Å². The van der Waals surface area contributed by atoms with E-state index < -0.39 is 5.97 Å². The first-order chi connectivity index (χ1) is 14.6. The average molecular weight is 423 g/mol. The quantitative estimate of drug-likeness (QED) is 0.498. The van der Waals surface area contributed by atoms with Gasteiger partial charge in [0.1, 0.15) is 17.6 Å². The molecule has 154 valence electrons. The molecule has 2 aromatic heterocycles. The predicted molar refractivity (Wildman–Crippen MR) is 115 cm³/mol. The van der Waals surface area contributed by atoms with Crippen molar-refractivity contribution >= 4 is 23.3 Å². The van der Waals surface area contributed by atoms with E-state index in [1.165, 1.54) is 0 Å². The van der Waals surface area contributed by atoms with Crippen LogP contribution in [0.3, 0.4) is 0 Å². The molecule has 1 fully saturated rings. The van der Waals surface area contributed by atoms with E-state index >= 15 is 0 Å². The van der Waals surface area contributed by atoms with Crippen molar-refractivity contribution in [2.45, 2.75) is 18.5 Å². The van der Waals surface area contributed by atoms with Crippen LogP contribution >= 0.6 is 12.2 Å². The third-order valence-electron chi connectivity index (χ3n) is 5.09. The maximum Gasteiger partial charge on any atom is 0.335 e. The molecule has 1 saturated heterocycles. The Morgan fingerprint density at radius 1 is 1.17 bits per heavy atom. The standard InChI is InChI=1S/C22H21N3O4S/c26-13-3-12-25-20(19(24-22(25)30)16-4-1-2-11-23-16)18-10-9-17(29-18)14-5-7-15(8-6-14)21(27)28/h1-2,4-11,19-20,26H,3,12-13H2,(H,24,30)(H,27,28)/t19-,20+/m1/s1. The molecular weight excluding hydrogens is 402 g/mol. The Hall–Kier alpha value is -3.23. The van der Waals surface area contributed by atoms with Crippen molar-refractivity contribution in [3.05, 3.63) is 77.8 Å². The largest absolute Gasteiger partial charge is 0.478 e. The number of thiocarbonyl (C=S) groups is 1. The molecule has 3 aromatic rings. The van der Waals surface area contributed by atoms with Crippen molar-refractivity contribution in [3.8, 4) is 11.3 Å². The molecule has 0 aliphatic carbocycles. The van der Waals surface area contributed by atoms with Crippen LogP contribution in [0.1, 0.15) is 40.3 Å². The summed E-state index contributed by atoms with van der Waals surface area (Å²) in [4.78, 5) is 17.6. The van der Waals surface area contributed by atoms with Gasteiger partial charge in [0.2, 0.25) is 0 Å². The third-order valence-corrected chi connectivity index (χ3v) is 5.44. The summed E-state index contributed by atoms with van der Waals surface area (Å²) in [5, 5.41) is 22.3. The molecule has 30 heavy (non-hydrogen) atoms. The van der Waals surface area contributed by atoms with Crippen LogP contribution in [0.2, 0.25) is 0 Å². The SMILES string of the molecule is O=C(O)c1ccc(-c2ccc([C@H]3[C@@H](c4ccccn4)NC(=S)N3CCCO)o2)cc1. The summed E-state index contributed by atoms with van der Waals surface area (Å²) < 4.78 is 6.19. The predicted octanol–water partition coefficient (Wildman–Crippen LogP) is 3.39. The molecule has 0 bridgehead atoms. The first-order valence-corrected chi connectivity index (χ1v) is 10.0. The van der Waals surface area contributed by atoms with E-state index in [-0.39, 0.29) is 24.3 Å². The second-order valence-corrected chi connectivity index (χ2v) is 7.37. The monoisotopic (exact) mass is 423 g/mol. The summed E-state index contributed by atoms with van der Waals surface area (Å²) in [6.45, 7) is 0.652. The van der Waals surface area contributed by atoms with Gasteiger partial charge in [0.05, 0.1) is 17.3 Å². The van der Waals surface area contributed by atoms with E-state index in [1.54, 1.807) is 30.5 Å². The van der Waals surface area contributed by atoms with Crippen LogP contribution in [0.15, 0.2) is 65.2 Å². The summed E-state index contributed by atoms with van der Waals surface area (Å²) in [5.74, 6) is 0.389. The van der Waals surface area contributed by atoms with Gasteiger partial charge in [-0.2, -0.15) is 0 Å². The molecule has 1 aliphatic heterocycles. The van der Waals surface area contributed by atoms with E-state index in [0.717, 1.165) is 11.3 Å². The third kappa shape index (κ3) is 3.92. The van der Waals surface area contributed by atoms with Gasteiger partial charge in [-0.05, 0) is 55.0 Å². The van der Waals surface area contributed by atoms with Gasteiger partial charge < -0.3 is 24.8 Å². The Kier molecular flexibility index (Phi) is 5.78. The number of pyridine rings is 1. The summed E-state index contributed by atoms with van der Waals surface area (Å²) in [7, 11) is 0. The van der Waals surface area contributed by atoms with Crippen LogP contribution in [0.5, 0.6) is 0 Å². The number of nitrogens with one attached hydrogen (secondary N) is 1. The average Bonchev–Trinajstić information content (AvgIpc) is 3.37. The van der Waals surface area contributed by atoms with Crippen LogP contribution < -0.4 is 5.32 Å². The number of rotatable bonds is 7. The summed E-state index contributed by atoms with van der Waals surface area (Å²) in [6.07, 6.45) is 2.32. The van der Waals surface area contributed by atoms with Crippen molar-refractivity contribution < 1.29 is 19.4 Å². The molecule has 0 amide bonds. The second-order valence-electron chi connectivity index (χ2n) is 6.98. The number of aromatic carboxylic acids is 1. The lowest BCUT2D eigenvalue weighted by Crippen LogP contribution is -2.30. The molecule has 1 aliphatic rings. The number of aliphatic hydroxyl groups is 1. The zero-order valence-electron chi connectivity index (χ0n) is 16.1. The van der Waals surface area contributed by atoms with Crippen molar-refractivity contribution in [3.63, 3.8) is 0 Å². The fraction of sp³-hybridized carbons (Fsp3) is 0.227. The minimum absolute atomic E-state index is 0.0689. The highest BCUT2D eigenvalue weighted by molar-refractivity contribution is 7.80. The molecule has 0 unspecified atom stereocenters. The van der Waals surface area contributed by atoms with Crippen LogP contribution in [0.25, 0.3) is 11.3 Å². The van der Waals surface area contributed by atoms with Gasteiger partial charge in [-0.3, -0.25) is 4.98 Å². The van der Waals surface area contributed by atoms with Crippen LogP contribution in [-0.2, 0) is 0 Å². The fourth-order valence-electron chi connectivity index (χ4n) is 3.64. The molecule has 8 heteroatoms. The van der Waals surface area contributed by atoms with Crippen molar-refractivity contribution in [2.75, 3.05) is 13.2 Å². The van der Waals surface area contributed by atoms with Crippen molar-refractivity contribution in [1.82, 2.24) is 15.2 Å². The lowest BCUT2D eigenvalue weighted by Gasteiger charge is -2.25. The van der Waals surface area contributed by atoms with Gasteiger partial charge in [-0.1, -0.05) is 18.2 Å². The number of carboxylic acids is 1. The maximum atomic E-state index is 11.1. The Labute approximate surface area is 179 Å². The van der Waals surface area contributed by atoms with E-state index in [0.29, 0.717) is 29.6 Å². The lowest BCUT2D eigenvalue weighted by atomic mass is 10.0. The normalized spacial score (nSPS) is 18.4. The Bertz CT molecular complexity index is 1040. The summed E-state index contributed by atoms with van der Waals surface area (Å²) in [5.41, 5.74) is 1.86. The first-order valence-electron chi connectivity index (χ1n) is 9.61. The number of furan rings is 1. The maximum absolute atomic E-state index is 11.1. The smallest absolute Gasteiger partial charge is 0.335 e.